The zero-order valence-electron chi connectivity index (χ0n) is 17.7. The van der Waals surface area contributed by atoms with Crippen LogP contribution in [0.15, 0.2) is 47.6 Å². The van der Waals surface area contributed by atoms with Gasteiger partial charge in [-0.05, 0) is 61.7 Å². The highest BCUT2D eigenvalue weighted by Gasteiger charge is 2.21. The van der Waals surface area contributed by atoms with Gasteiger partial charge in [0.1, 0.15) is 6.54 Å². The normalized spacial score (nSPS) is 11.7. The van der Waals surface area contributed by atoms with Gasteiger partial charge in [0, 0.05) is 12.6 Å². The van der Waals surface area contributed by atoms with Crippen LogP contribution in [-0.4, -0.2) is 38.7 Å². The average Bonchev–Trinajstić information content (AvgIpc) is 2.62. The quantitative estimate of drug-likeness (QED) is 0.520. The van der Waals surface area contributed by atoms with Gasteiger partial charge >= 0.3 is 0 Å². The summed E-state index contributed by atoms with van der Waals surface area (Å²) in [4.78, 5) is 23.6. The lowest BCUT2D eigenvalue weighted by atomic mass is 10.1. The summed E-state index contributed by atoms with van der Waals surface area (Å²) in [7, 11) is -3.67. The molecular weight excluding hydrogens is 404 g/mol. The minimum atomic E-state index is -3.67. The van der Waals surface area contributed by atoms with Gasteiger partial charge in [-0.3, -0.25) is 13.9 Å². The van der Waals surface area contributed by atoms with E-state index in [-0.39, 0.29) is 5.91 Å². The fourth-order valence-electron chi connectivity index (χ4n) is 2.90. The van der Waals surface area contributed by atoms with Crippen molar-refractivity contribution < 1.29 is 18.0 Å². The maximum atomic E-state index is 12.4. The van der Waals surface area contributed by atoms with Crippen LogP contribution in [0.25, 0.3) is 0 Å². The molecule has 2 rings (SSSR count). The van der Waals surface area contributed by atoms with Gasteiger partial charge in [0.15, 0.2) is 0 Å². The van der Waals surface area contributed by atoms with Crippen LogP contribution < -0.4 is 15.0 Å². The first kappa shape index (κ1) is 23.1. The smallest absolute Gasteiger partial charge is 0.260 e. The molecule has 0 aliphatic carbocycles. The SMILES string of the molecule is CC(=O)Nc1cccc(/C(C)=N/NC(=O)CN(c2cc(C)cc(C)c2)S(C)(=O)=O)c1. The molecule has 30 heavy (non-hydrogen) atoms. The monoisotopic (exact) mass is 430 g/mol. The number of nitrogens with one attached hydrogen (secondary N) is 2. The number of sulfonamides is 1. The molecule has 0 aliphatic rings. The molecule has 0 heterocycles. The number of nitrogens with zero attached hydrogens (tertiary/aromatic N) is 2. The minimum Gasteiger partial charge on any atom is -0.326 e. The summed E-state index contributed by atoms with van der Waals surface area (Å²) in [5, 5.41) is 6.74. The van der Waals surface area contributed by atoms with Gasteiger partial charge in [-0.2, -0.15) is 5.10 Å². The van der Waals surface area contributed by atoms with Crippen LogP contribution in [0, 0.1) is 13.8 Å². The van der Waals surface area contributed by atoms with Gasteiger partial charge < -0.3 is 5.32 Å². The summed E-state index contributed by atoms with van der Waals surface area (Å²) in [6, 6.07) is 12.4. The molecule has 2 aromatic carbocycles. The molecule has 2 N–H and O–H groups in total. The number of hydrogen-bond donors (Lipinski definition) is 2. The predicted molar refractivity (Wildman–Crippen MR) is 119 cm³/mol. The summed E-state index contributed by atoms with van der Waals surface area (Å²) in [5.74, 6) is -0.765. The molecule has 2 amide bonds. The van der Waals surface area contributed by atoms with E-state index in [9.17, 15) is 18.0 Å². The Morgan fingerprint density at radius 1 is 1.03 bits per heavy atom. The van der Waals surface area contributed by atoms with Crippen LogP contribution in [0.1, 0.15) is 30.5 Å². The van der Waals surface area contributed by atoms with Crippen LogP contribution in [0.2, 0.25) is 0 Å². The summed E-state index contributed by atoms with van der Waals surface area (Å²) >= 11 is 0. The zero-order chi connectivity index (χ0) is 22.5. The highest BCUT2D eigenvalue weighted by atomic mass is 32.2. The van der Waals surface area contributed by atoms with E-state index in [4.69, 9.17) is 0 Å². The van der Waals surface area contributed by atoms with Crippen molar-refractivity contribution in [2.24, 2.45) is 5.10 Å². The second-order valence-electron chi connectivity index (χ2n) is 7.11. The molecule has 9 heteroatoms. The molecule has 2 aromatic rings. The first-order valence-corrected chi connectivity index (χ1v) is 11.1. The molecule has 0 fully saturated rings. The average molecular weight is 431 g/mol. The topological polar surface area (TPSA) is 108 Å². The van der Waals surface area contributed by atoms with Crippen LogP contribution >= 0.6 is 0 Å². The molecule has 0 radical (unpaired) electrons. The van der Waals surface area contributed by atoms with Crippen LogP contribution in [-0.2, 0) is 19.6 Å². The van der Waals surface area contributed by atoms with Crippen molar-refractivity contribution in [1.29, 1.82) is 0 Å². The van der Waals surface area contributed by atoms with E-state index in [2.05, 4.69) is 15.8 Å². The molecule has 0 aromatic heterocycles. The van der Waals surface area contributed by atoms with Gasteiger partial charge in [-0.15, -0.1) is 0 Å². The molecule has 160 valence electrons. The van der Waals surface area contributed by atoms with E-state index < -0.39 is 22.5 Å². The van der Waals surface area contributed by atoms with Gasteiger partial charge in [0.2, 0.25) is 15.9 Å². The number of amides is 2. The van der Waals surface area contributed by atoms with E-state index >= 15 is 0 Å². The van der Waals surface area contributed by atoms with Crippen LogP contribution in [0.5, 0.6) is 0 Å². The third kappa shape index (κ3) is 6.70. The number of carbonyl (C=O) groups is 2. The van der Waals surface area contributed by atoms with Gasteiger partial charge in [-0.25, -0.2) is 13.8 Å². The predicted octanol–water partition coefficient (Wildman–Crippen LogP) is 2.57. The Kier molecular flexibility index (Phi) is 7.33. The Bertz CT molecular complexity index is 1070. The standard InChI is InChI=1S/C21H26N4O4S/c1-14-9-15(2)11-20(10-14)25(30(5,28)29)13-21(27)24-23-16(3)18-7-6-8-19(12-18)22-17(4)26/h6-12H,13H2,1-5H3,(H,22,26)(H,24,27)/b23-16+. The third-order valence-corrected chi connectivity index (χ3v) is 5.27. The van der Waals surface area contributed by atoms with Crippen molar-refractivity contribution in [3.05, 3.63) is 59.2 Å². The summed E-state index contributed by atoms with van der Waals surface area (Å²) < 4.78 is 25.5. The lowest BCUT2D eigenvalue weighted by Gasteiger charge is -2.22. The van der Waals surface area contributed by atoms with Crippen molar-refractivity contribution in [1.82, 2.24) is 5.43 Å². The molecule has 0 atom stereocenters. The first-order valence-electron chi connectivity index (χ1n) is 9.23. The number of hydrazone groups is 1. The second kappa shape index (κ2) is 9.53. The molecule has 0 saturated carbocycles. The van der Waals surface area contributed by atoms with E-state index in [1.807, 2.05) is 19.9 Å². The Balaban J connectivity index is 2.16. The third-order valence-electron chi connectivity index (χ3n) is 4.13. The van der Waals surface area contributed by atoms with Gasteiger partial charge in [0.05, 0.1) is 17.7 Å². The van der Waals surface area contributed by atoms with Gasteiger partial charge in [-0.1, -0.05) is 18.2 Å². The maximum absolute atomic E-state index is 12.4. The largest absolute Gasteiger partial charge is 0.326 e. The number of aryl methyl sites for hydroxylation is 2. The fraction of sp³-hybridized carbons (Fsp3) is 0.286. The van der Waals surface area contributed by atoms with Crippen LogP contribution in [0.4, 0.5) is 11.4 Å². The number of hydrogen-bond acceptors (Lipinski definition) is 5. The van der Waals surface area contributed by atoms with E-state index in [1.54, 1.807) is 43.3 Å². The van der Waals surface area contributed by atoms with Crippen LogP contribution in [0.3, 0.4) is 0 Å². The lowest BCUT2D eigenvalue weighted by Crippen LogP contribution is -2.39. The molecule has 8 nitrogen and oxygen atoms in total. The lowest BCUT2D eigenvalue weighted by molar-refractivity contribution is -0.119. The molecule has 0 bridgehead atoms. The first-order chi connectivity index (χ1) is 14.0. The highest BCUT2D eigenvalue weighted by molar-refractivity contribution is 7.92. The zero-order valence-corrected chi connectivity index (χ0v) is 18.5. The molecule has 0 aliphatic heterocycles. The molecular formula is C21H26N4O4S. The number of benzene rings is 2. The number of anilines is 2. The second-order valence-corrected chi connectivity index (χ2v) is 9.02. The molecule has 0 unspecified atom stereocenters. The number of carbonyl (C=O) groups excluding carboxylic acids is 2. The van der Waals surface area contributed by atoms with Crippen molar-refractivity contribution >= 4 is 38.9 Å². The summed E-state index contributed by atoms with van der Waals surface area (Å²) in [5.41, 5.74) is 6.44. The van der Waals surface area contributed by atoms with Crippen molar-refractivity contribution in [3.8, 4) is 0 Å². The Morgan fingerprint density at radius 3 is 2.23 bits per heavy atom. The fourth-order valence-corrected chi connectivity index (χ4v) is 3.74. The Hall–Kier alpha value is -3.20. The summed E-state index contributed by atoms with van der Waals surface area (Å²) in [6.07, 6.45) is 1.06. The minimum absolute atomic E-state index is 0.192. The van der Waals surface area contributed by atoms with E-state index in [1.165, 1.54) is 6.92 Å². The van der Waals surface area contributed by atoms with E-state index in [0.29, 0.717) is 22.6 Å². The molecule has 0 saturated heterocycles. The van der Waals surface area contributed by atoms with Gasteiger partial charge in [0.25, 0.3) is 5.91 Å². The molecule has 0 spiro atoms. The Morgan fingerprint density at radius 2 is 1.67 bits per heavy atom. The summed E-state index contributed by atoms with van der Waals surface area (Å²) in [6.45, 7) is 6.44. The Labute approximate surface area is 177 Å². The highest BCUT2D eigenvalue weighted by Crippen LogP contribution is 2.21. The van der Waals surface area contributed by atoms with Crippen molar-refractivity contribution in [3.63, 3.8) is 0 Å². The number of rotatable bonds is 7. The van der Waals surface area contributed by atoms with Crippen molar-refractivity contribution in [2.75, 3.05) is 22.4 Å². The van der Waals surface area contributed by atoms with E-state index in [0.717, 1.165) is 21.7 Å². The maximum Gasteiger partial charge on any atom is 0.260 e. The van der Waals surface area contributed by atoms with Crippen molar-refractivity contribution in [2.45, 2.75) is 27.7 Å².